The number of nitrogens with two attached hydrogens (primary N) is 1. The summed E-state index contributed by atoms with van der Waals surface area (Å²) >= 11 is 1.61. The van der Waals surface area contributed by atoms with Crippen molar-refractivity contribution in [2.45, 2.75) is 37.8 Å². The minimum Gasteiger partial charge on any atom is -0.344 e. The Morgan fingerprint density at radius 3 is 3.00 bits per heavy atom. The number of hydrogen-bond donors (Lipinski definition) is 1. The molecule has 122 valence electrons. The van der Waals surface area contributed by atoms with Gasteiger partial charge in [-0.25, -0.2) is 9.97 Å². The second-order valence-corrected chi connectivity index (χ2v) is 7.27. The van der Waals surface area contributed by atoms with Gasteiger partial charge in [-0.15, -0.1) is 11.3 Å². The fourth-order valence-electron chi connectivity index (χ4n) is 3.70. The maximum absolute atomic E-state index is 13.0. The molecular weight excluding hydrogens is 310 g/mol. The Balaban J connectivity index is 1.61. The number of fused-ring (bicyclic) bond motifs is 1. The van der Waals surface area contributed by atoms with Crippen LogP contribution in [0.2, 0.25) is 0 Å². The van der Waals surface area contributed by atoms with E-state index in [1.807, 2.05) is 16.3 Å². The van der Waals surface area contributed by atoms with Gasteiger partial charge in [0.25, 0.3) is 0 Å². The van der Waals surface area contributed by atoms with E-state index in [0.717, 1.165) is 54.8 Å². The number of hydrogen-bond acceptors (Lipinski definition) is 6. The second kappa shape index (κ2) is 6.05. The van der Waals surface area contributed by atoms with E-state index in [4.69, 9.17) is 5.73 Å². The molecule has 2 saturated heterocycles. The van der Waals surface area contributed by atoms with Gasteiger partial charge in [-0.2, -0.15) is 0 Å². The van der Waals surface area contributed by atoms with Crippen molar-refractivity contribution in [1.29, 1.82) is 0 Å². The Morgan fingerprint density at radius 2 is 2.13 bits per heavy atom. The molecule has 4 rings (SSSR count). The van der Waals surface area contributed by atoms with Crippen molar-refractivity contribution in [2.24, 2.45) is 5.73 Å². The maximum Gasteiger partial charge on any atom is 0.245 e. The lowest BCUT2D eigenvalue weighted by atomic mass is 10.0. The highest BCUT2D eigenvalue weighted by molar-refractivity contribution is 7.16. The summed E-state index contributed by atoms with van der Waals surface area (Å²) in [6.45, 7) is 2.38. The lowest BCUT2D eigenvalue weighted by Crippen LogP contribution is -2.52. The smallest absolute Gasteiger partial charge is 0.245 e. The number of carbonyl (C=O) groups is 1. The standard InChI is InChI=1S/C16H21N5OS/c17-11-3-1-6-20(9-11)16(22)13-4-2-7-21(13)14-12-5-8-23-15(12)19-10-18-14/h5,8,10-11,13H,1-4,6-7,9,17H2. The Morgan fingerprint density at radius 1 is 1.26 bits per heavy atom. The maximum atomic E-state index is 13.0. The lowest BCUT2D eigenvalue weighted by Gasteiger charge is -2.35. The third-order valence-corrected chi connectivity index (χ3v) is 5.64. The summed E-state index contributed by atoms with van der Waals surface area (Å²) in [6, 6.07) is 2.05. The first-order valence-corrected chi connectivity index (χ1v) is 9.11. The van der Waals surface area contributed by atoms with Crippen LogP contribution in [0, 0.1) is 0 Å². The molecule has 0 spiro atoms. The van der Waals surface area contributed by atoms with Gasteiger partial charge in [0.05, 0.1) is 5.39 Å². The van der Waals surface area contributed by atoms with Crippen molar-refractivity contribution >= 4 is 33.3 Å². The van der Waals surface area contributed by atoms with Gasteiger partial charge in [0.1, 0.15) is 23.0 Å². The van der Waals surface area contributed by atoms with E-state index >= 15 is 0 Å². The average molecular weight is 331 g/mol. The molecule has 2 aromatic heterocycles. The first-order chi connectivity index (χ1) is 11.2. The Hall–Kier alpha value is -1.73. The highest BCUT2D eigenvalue weighted by atomic mass is 32.1. The lowest BCUT2D eigenvalue weighted by molar-refractivity contribution is -0.133. The summed E-state index contributed by atoms with van der Waals surface area (Å²) in [7, 11) is 0. The number of anilines is 1. The molecule has 1 amide bonds. The topological polar surface area (TPSA) is 75.3 Å². The molecule has 2 fully saturated rings. The fraction of sp³-hybridized carbons (Fsp3) is 0.562. The van der Waals surface area contributed by atoms with Crippen LogP contribution in [0.4, 0.5) is 5.82 Å². The van der Waals surface area contributed by atoms with E-state index < -0.39 is 0 Å². The van der Waals surface area contributed by atoms with Crippen LogP contribution in [-0.4, -0.2) is 52.5 Å². The van der Waals surface area contributed by atoms with Crippen molar-refractivity contribution < 1.29 is 4.79 Å². The molecule has 2 aliphatic heterocycles. The van der Waals surface area contributed by atoms with Crippen LogP contribution in [0.15, 0.2) is 17.8 Å². The van der Waals surface area contributed by atoms with Crippen LogP contribution in [0.3, 0.4) is 0 Å². The molecule has 2 unspecified atom stereocenters. The molecule has 4 heterocycles. The molecule has 7 heteroatoms. The molecule has 0 aromatic carbocycles. The van der Waals surface area contributed by atoms with Gasteiger partial charge in [-0.3, -0.25) is 4.79 Å². The zero-order valence-electron chi connectivity index (χ0n) is 13.0. The van der Waals surface area contributed by atoms with Crippen LogP contribution in [0.25, 0.3) is 10.2 Å². The van der Waals surface area contributed by atoms with Crippen LogP contribution in [0.1, 0.15) is 25.7 Å². The highest BCUT2D eigenvalue weighted by Crippen LogP contribution is 2.32. The van der Waals surface area contributed by atoms with E-state index in [0.29, 0.717) is 6.54 Å². The number of nitrogens with zero attached hydrogens (tertiary/aromatic N) is 4. The summed E-state index contributed by atoms with van der Waals surface area (Å²) in [5.74, 6) is 1.10. The molecule has 2 aliphatic rings. The molecule has 2 atom stereocenters. The third-order valence-electron chi connectivity index (χ3n) is 4.82. The Kier molecular flexibility index (Phi) is 3.90. The molecule has 0 saturated carbocycles. The van der Waals surface area contributed by atoms with Crippen molar-refractivity contribution in [3.8, 4) is 0 Å². The number of likely N-dealkylation sites (tertiary alicyclic amines) is 1. The van der Waals surface area contributed by atoms with E-state index in [1.165, 1.54) is 0 Å². The number of piperidine rings is 1. The summed E-state index contributed by atoms with van der Waals surface area (Å²) < 4.78 is 0. The Bertz CT molecular complexity index is 717. The van der Waals surface area contributed by atoms with Gasteiger partial charge >= 0.3 is 0 Å². The number of aromatic nitrogens is 2. The third kappa shape index (κ3) is 2.68. The van der Waals surface area contributed by atoms with E-state index in [-0.39, 0.29) is 18.0 Å². The summed E-state index contributed by atoms with van der Waals surface area (Å²) in [5, 5.41) is 3.08. The van der Waals surface area contributed by atoms with Crippen molar-refractivity contribution in [1.82, 2.24) is 14.9 Å². The number of carbonyl (C=O) groups excluding carboxylic acids is 1. The van der Waals surface area contributed by atoms with E-state index in [1.54, 1.807) is 17.7 Å². The monoisotopic (exact) mass is 331 g/mol. The molecule has 2 N–H and O–H groups in total. The van der Waals surface area contributed by atoms with Gasteiger partial charge in [0, 0.05) is 25.7 Å². The SMILES string of the molecule is NC1CCCN(C(=O)C2CCCN2c2ncnc3sccc23)C1. The van der Waals surface area contributed by atoms with Crippen molar-refractivity contribution in [3.05, 3.63) is 17.8 Å². The van der Waals surface area contributed by atoms with Crippen LogP contribution in [-0.2, 0) is 4.79 Å². The second-order valence-electron chi connectivity index (χ2n) is 6.37. The van der Waals surface area contributed by atoms with Gasteiger partial charge < -0.3 is 15.5 Å². The minimum absolute atomic E-state index is 0.113. The zero-order chi connectivity index (χ0) is 15.8. The number of amides is 1. The van der Waals surface area contributed by atoms with Gasteiger partial charge in [-0.05, 0) is 37.1 Å². The molecule has 0 aliphatic carbocycles. The van der Waals surface area contributed by atoms with Crippen molar-refractivity contribution in [2.75, 3.05) is 24.5 Å². The number of rotatable bonds is 2. The molecule has 23 heavy (non-hydrogen) atoms. The summed E-state index contributed by atoms with van der Waals surface area (Å²) in [5.41, 5.74) is 6.04. The van der Waals surface area contributed by atoms with Crippen LogP contribution < -0.4 is 10.6 Å². The summed E-state index contributed by atoms with van der Waals surface area (Å²) in [4.78, 5) is 26.9. The van der Waals surface area contributed by atoms with Crippen LogP contribution in [0.5, 0.6) is 0 Å². The fourth-order valence-corrected chi connectivity index (χ4v) is 4.43. The predicted molar refractivity (Wildman–Crippen MR) is 91.6 cm³/mol. The molecule has 0 bridgehead atoms. The van der Waals surface area contributed by atoms with Gasteiger partial charge in [-0.1, -0.05) is 0 Å². The normalized spacial score (nSPS) is 25.3. The van der Waals surface area contributed by atoms with Crippen molar-refractivity contribution in [3.63, 3.8) is 0 Å². The number of thiophene rings is 1. The van der Waals surface area contributed by atoms with Gasteiger partial charge in [0.15, 0.2) is 0 Å². The van der Waals surface area contributed by atoms with E-state index in [2.05, 4.69) is 14.9 Å². The summed E-state index contributed by atoms with van der Waals surface area (Å²) in [6.07, 6.45) is 5.53. The van der Waals surface area contributed by atoms with Gasteiger partial charge in [0.2, 0.25) is 5.91 Å². The first-order valence-electron chi connectivity index (χ1n) is 8.23. The predicted octanol–water partition coefficient (Wildman–Crippen LogP) is 1.61. The minimum atomic E-state index is -0.113. The zero-order valence-corrected chi connectivity index (χ0v) is 13.8. The Labute approximate surface area is 139 Å². The molecular formula is C16H21N5OS. The average Bonchev–Trinajstić information content (AvgIpc) is 3.22. The molecule has 2 aromatic rings. The first kappa shape index (κ1) is 14.8. The highest BCUT2D eigenvalue weighted by Gasteiger charge is 2.36. The quantitative estimate of drug-likeness (QED) is 0.905. The van der Waals surface area contributed by atoms with Crippen LogP contribution >= 0.6 is 11.3 Å². The molecule has 6 nitrogen and oxygen atoms in total. The molecule has 0 radical (unpaired) electrons. The van der Waals surface area contributed by atoms with E-state index in [9.17, 15) is 4.79 Å². The largest absolute Gasteiger partial charge is 0.344 e.